The van der Waals surface area contributed by atoms with Crippen LogP contribution in [0.1, 0.15) is 25.3 Å². The summed E-state index contributed by atoms with van der Waals surface area (Å²) in [6.45, 7) is 3.44. The number of sulfone groups is 1. The van der Waals surface area contributed by atoms with Crippen molar-refractivity contribution in [2.45, 2.75) is 32.2 Å². The van der Waals surface area contributed by atoms with E-state index < -0.39 is 9.84 Å². The lowest BCUT2D eigenvalue weighted by atomic mass is 10.1. The molecule has 0 spiro atoms. The maximum atomic E-state index is 11.5. The minimum absolute atomic E-state index is 0. The number of nitrogens with zero attached hydrogens (tertiary/aromatic N) is 1. The minimum Gasteiger partial charge on any atom is -0.357 e. The summed E-state index contributed by atoms with van der Waals surface area (Å²) in [5.41, 5.74) is 1.24. The molecule has 5 nitrogen and oxygen atoms in total. The highest BCUT2D eigenvalue weighted by Gasteiger charge is 2.28. The van der Waals surface area contributed by atoms with E-state index in [4.69, 9.17) is 11.6 Å². The van der Waals surface area contributed by atoms with Gasteiger partial charge in [-0.2, -0.15) is 0 Å². The molecule has 0 amide bonds. The first-order chi connectivity index (χ1) is 11.0. The molecular weight excluding hydrogens is 461 g/mol. The fourth-order valence-electron chi connectivity index (χ4n) is 2.55. The summed E-state index contributed by atoms with van der Waals surface area (Å²) in [4.78, 5) is 4.53. The number of benzene rings is 1. The van der Waals surface area contributed by atoms with Crippen molar-refractivity contribution in [1.29, 1.82) is 0 Å². The number of rotatable bonds is 6. The number of hydrogen-bond acceptors (Lipinski definition) is 3. The van der Waals surface area contributed by atoms with E-state index >= 15 is 0 Å². The van der Waals surface area contributed by atoms with Crippen LogP contribution in [0.2, 0.25) is 5.02 Å². The second-order valence-corrected chi connectivity index (χ2v) is 8.40. The van der Waals surface area contributed by atoms with Gasteiger partial charge in [-0.05, 0) is 43.9 Å². The largest absolute Gasteiger partial charge is 0.357 e. The minimum atomic E-state index is -2.88. The first-order valence-electron chi connectivity index (χ1n) is 7.98. The van der Waals surface area contributed by atoms with Crippen LogP contribution >= 0.6 is 35.6 Å². The standard InChI is InChI=1S/C16H24ClN3O2S.HI/c1-2-18-16(20-15-9-11-23(21,22)12-15)19-10-3-4-13-5-7-14(17)8-6-13;/h5-8,15H,2-4,9-12H2,1H3,(H2,18,19,20);1H. The zero-order chi connectivity index (χ0) is 16.7. The summed E-state index contributed by atoms with van der Waals surface area (Å²) >= 11 is 5.87. The normalized spacial score (nSPS) is 19.6. The number of hydrogen-bond donors (Lipinski definition) is 2. The zero-order valence-corrected chi connectivity index (χ0v) is 17.7. The van der Waals surface area contributed by atoms with Gasteiger partial charge in [-0.1, -0.05) is 23.7 Å². The third kappa shape index (κ3) is 7.57. The van der Waals surface area contributed by atoms with Crippen molar-refractivity contribution in [3.63, 3.8) is 0 Å². The van der Waals surface area contributed by atoms with Crippen molar-refractivity contribution in [2.75, 3.05) is 24.6 Å². The van der Waals surface area contributed by atoms with Crippen LogP contribution in [0.15, 0.2) is 29.3 Å². The van der Waals surface area contributed by atoms with E-state index in [1.54, 1.807) is 0 Å². The molecule has 24 heavy (non-hydrogen) atoms. The third-order valence-electron chi connectivity index (χ3n) is 3.72. The molecule has 1 aromatic carbocycles. The van der Waals surface area contributed by atoms with Crippen molar-refractivity contribution < 1.29 is 8.42 Å². The second-order valence-electron chi connectivity index (χ2n) is 5.73. The van der Waals surface area contributed by atoms with Crippen LogP contribution in [0.5, 0.6) is 0 Å². The molecule has 1 aliphatic heterocycles. The van der Waals surface area contributed by atoms with Gasteiger partial charge in [0.2, 0.25) is 0 Å². The number of aliphatic imine (C=N–C) groups is 1. The van der Waals surface area contributed by atoms with E-state index in [0.29, 0.717) is 18.9 Å². The van der Waals surface area contributed by atoms with Crippen LogP contribution in [0, 0.1) is 0 Å². The Balaban J connectivity index is 0.00000288. The quantitative estimate of drug-likeness (QED) is 0.281. The van der Waals surface area contributed by atoms with Gasteiger partial charge in [0.15, 0.2) is 15.8 Å². The van der Waals surface area contributed by atoms with Crippen LogP contribution in [-0.2, 0) is 16.3 Å². The first kappa shape index (κ1) is 21.5. The predicted molar refractivity (Wildman–Crippen MR) is 111 cm³/mol. The van der Waals surface area contributed by atoms with Crippen molar-refractivity contribution >= 4 is 51.4 Å². The van der Waals surface area contributed by atoms with E-state index in [1.807, 2.05) is 31.2 Å². The van der Waals surface area contributed by atoms with E-state index in [9.17, 15) is 8.42 Å². The first-order valence-corrected chi connectivity index (χ1v) is 10.2. The molecule has 0 aromatic heterocycles. The molecule has 2 rings (SSSR count). The van der Waals surface area contributed by atoms with Crippen LogP contribution in [-0.4, -0.2) is 45.0 Å². The Morgan fingerprint density at radius 3 is 2.62 bits per heavy atom. The van der Waals surface area contributed by atoms with Crippen LogP contribution in [0.25, 0.3) is 0 Å². The Labute approximate surface area is 166 Å². The number of guanidine groups is 1. The number of halogens is 2. The zero-order valence-electron chi connectivity index (χ0n) is 13.8. The Kier molecular flexibility index (Phi) is 9.36. The molecule has 1 heterocycles. The smallest absolute Gasteiger partial charge is 0.191 e. The highest BCUT2D eigenvalue weighted by Crippen LogP contribution is 2.12. The topological polar surface area (TPSA) is 70.6 Å². The Morgan fingerprint density at radius 2 is 2.04 bits per heavy atom. The highest BCUT2D eigenvalue weighted by atomic mass is 127. The van der Waals surface area contributed by atoms with Gasteiger partial charge in [0.05, 0.1) is 11.5 Å². The van der Waals surface area contributed by atoms with Gasteiger partial charge in [0, 0.05) is 24.2 Å². The van der Waals surface area contributed by atoms with Gasteiger partial charge in [0.25, 0.3) is 0 Å². The average Bonchev–Trinajstić information content (AvgIpc) is 2.84. The number of aryl methyl sites for hydroxylation is 1. The summed E-state index contributed by atoms with van der Waals surface area (Å²) in [5, 5.41) is 7.14. The molecule has 1 saturated heterocycles. The van der Waals surface area contributed by atoms with Crippen molar-refractivity contribution in [3.05, 3.63) is 34.9 Å². The lowest BCUT2D eigenvalue weighted by Crippen LogP contribution is -2.44. The van der Waals surface area contributed by atoms with Crippen LogP contribution < -0.4 is 10.6 Å². The molecule has 1 aliphatic rings. The molecule has 0 bridgehead atoms. The Bertz CT molecular complexity index is 635. The SMILES string of the molecule is CCNC(=NCCCc1ccc(Cl)cc1)NC1CCS(=O)(=O)C1.I. The lowest BCUT2D eigenvalue weighted by molar-refractivity contribution is 0.599. The Morgan fingerprint density at radius 1 is 1.33 bits per heavy atom. The van der Waals surface area contributed by atoms with Crippen molar-refractivity contribution in [3.8, 4) is 0 Å². The van der Waals surface area contributed by atoms with Crippen LogP contribution in [0.3, 0.4) is 0 Å². The fourth-order valence-corrected chi connectivity index (χ4v) is 4.35. The van der Waals surface area contributed by atoms with Gasteiger partial charge in [-0.15, -0.1) is 24.0 Å². The molecule has 1 aromatic rings. The van der Waals surface area contributed by atoms with Gasteiger partial charge in [-0.3, -0.25) is 4.99 Å². The molecule has 8 heteroatoms. The molecule has 136 valence electrons. The van der Waals surface area contributed by atoms with E-state index in [2.05, 4.69) is 15.6 Å². The van der Waals surface area contributed by atoms with E-state index in [1.165, 1.54) is 5.56 Å². The van der Waals surface area contributed by atoms with Gasteiger partial charge in [0.1, 0.15) is 0 Å². The third-order valence-corrected chi connectivity index (χ3v) is 5.74. The summed E-state index contributed by atoms with van der Waals surface area (Å²) in [5.74, 6) is 1.16. The summed E-state index contributed by atoms with van der Waals surface area (Å²) < 4.78 is 23.0. The van der Waals surface area contributed by atoms with Crippen LogP contribution in [0.4, 0.5) is 0 Å². The molecule has 0 saturated carbocycles. The predicted octanol–water partition coefficient (Wildman–Crippen LogP) is 2.63. The van der Waals surface area contributed by atoms with Gasteiger partial charge in [-0.25, -0.2) is 8.42 Å². The monoisotopic (exact) mass is 485 g/mol. The molecule has 1 atom stereocenters. The van der Waals surface area contributed by atoms with E-state index in [-0.39, 0.29) is 41.5 Å². The van der Waals surface area contributed by atoms with Gasteiger partial charge < -0.3 is 10.6 Å². The maximum Gasteiger partial charge on any atom is 0.191 e. The second kappa shape index (κ2) is 10.5. The van der Waals surface area contributed by atoms with E-state index in [0.717, 1.165) is 24.4 Å². The molecule has 2 N–H and O–H groups in total. The molecule has 0 aliphatic carbocycles. The molecule has 0 radical (unpaired) electrons. The summed E-state index contributed by atoms with van der Waals surface area (Å²) in [6.07, 6.45) is 2.52. The highest BCUT2D eigenvalue weighted by molar-refractivity contribution is 14.0. The van der Waals surface area contributed by atoms with Gasteiger partial charge >= 0.3 is 0 Å². The van der Waals surface area contributed by atoms with Crippen molar-refractivity contribution in [1.82, 2.24) is 10.6 Å². The number of nitrogens with one attached hydrogen (secondary N) is 2. The maximum absolute atomic E-state index is 11.5. The van der Waals surface area contributed by atoms with Crippen molar-refractivity contribution in [2.24, 2.45) is 4.99 Å². The molecule has 1 unspecified atom stereocenters. The lowest BCUT2D eigenvalue weighted by Gasteiger charge is -2.15. The summed E-state index contributed by atoms with van der Waals surface area (Å²) in [6, 6.07) is 7.81. The Hall–Kier alpha value is -0.540. The molecule has 1 fully saturated rings. The summed E-state index contributed by atoms with van der Waals surface area (Å²) in [7, 11) is -2.88. The fraction of sp³-hybridized carbons (Fsp3) is 0.562. The molecular formula is C16H25ClIN3O2S. The average molecular weight is 486 g/mol.